The van der Waals surface area contributed by atoms with Crippen molar-refractivity contribution in [3.05, 3.63) is 21.9 Å². The van der Waals surface area contributed by atoms with E-state index in [0.29, 0.717) is 6.04 Å². The maximum absolute atomic E-state index is 11.7. The number of hydrogen-bond donors (Lipinski definition) is 1. The van der Waals surface area contributed by atoms with Gasteiger partial charge in [0.2, 0.25) is 0 Å². The Bertz CT molecular complexity index is 658. The second-order valence-corrected chi connectivity index (χ2v) is 8.42. The molecular weight excluding hydrogens is 487 g/mol. The van der Waals surface area contributed by atoms with E-state index in [2.05, 4.69) is 40.4 Å². The first kappa shape index (κ1) is 23.4. The highest BCUT2D eigenvalue weighted by Crippen LogP contribution is 2.25. The van der Waals surface area contributed by atoms with Gasteiger partial charge in [-0.25, -0.2) is 0 Å². The molecule has 0 amide bonds. The number of carbonyl (C=O) groups is 1. The molecular formula is C20H33IN4O2S. The predicted octanol–water partition coefficient (Wildman–Crippen LogP) is 2.96. The van der Waals surface area contributed by atoms with Gasteiger partial charge in [-0.05, 0) is 50.1 Å². The molecule has 0 saturated carbocycles. The number of esters is 1. The molecule has 0 bridgehead atoms. The summed E-state index contributed by atoms with van der Waals surface area (Å²) in [5.74, 6) is 0.921. The lowest BCUT2D eigenvalue weighted by molar-refractivity contribution is -0.146. The Morgan fingerprint density at radius 1 is 1.39 bits per heavy atom. The summed E-state index contributed by atoms with van der Waals surface area (Å²) in [6, 6.07) is 2.68. The molecule has 6 nitrogen and oxygen atoms in total. The van der Waals surface area contributed by atoms with E-state index in [9.17, 15) is 4.79 Å². The van der Waals surface area contributed by atoms with Crippen molar-refractivity contribution < 1.29 is 9.53 Å². The van der Waals surface area contributed by atoms with Crippen LogP contribution in [-0.2, 0) is 22.5 Å². The van der Waals surface area contributed by atoms with Crippen LogP contribution in [0.25, 0.3) is 0 Å². The average molecular weight is 520 g/mol. The molecule has 1 saturated heterocycles. The number of thiophene rings is 1. The lowest BCUT2D eigenvalue weighted by Gasteiger charge is -2.34. The van der Waals surface area contributed by atoms with Gasteiger partial charge < -0.3 is 15.0 Å². The van der Waals surface area contributed by atoms with Gasteiger partial charge in [0, 0.05) is 43.6 Å². The second-order valence-electron chi connectivity index (χ2n) is 7.42. The van der Waals surface area contributed by atoms with Gasteiger partial charge in [-0.1, -0.05) is 0 Å². The van der Waals surface area contributed by atoms with E-state index < -0.39 is 0 Å². The third-order valence-corrected chi connectivity index (χ3v) is 6.65. The molecule has 3 rings (SSSR count). The second kappa shape index (κ2) is 11.3. The predicted molar refractivity (Wildman–Crippen MR) is 126 cm³/mol. The number of piperidine rings is 1. The molecule has 8 heteroatoms. The number of halogens is 1. The number of fused-ring (bicyclic) bond motifs is 1. The van der Waals surface area contributed by atoms with Gasteiger partial charge in [0.1, 0.15) is 0 Å². The normalized spacial score (nSPS) is 19.5. The molecule has 1 atom stereocenters. The van der Waals surface area contributed by atoms with Crippen LogP contribution in [0.1, 0.15) is 37.1 Å². The molecule has 0 aliphatic carbocycles. The number of hydrogen-bond acceptors (Lipinski definition) is 5. The number of nitrogens with one attached hydrogen (secondary N) is 1. The van der Waals surface area contributed by atoms with Crippen LogP contribution in [0.3, 0.4) is 0 Å². The van der Waals surface area contributed by atoms with Gasteiger partial charge in [0.05, 0.1) is 19.6 Å². The van der Waals surface area contributed by atoms with E-state index in [0.717, 1.165) is 64.5 Å². The van der Waals surface area contributed by atoms with Crippen molar-refractivity contribution >= 4 is 47.2 Å². The molecule has 1 aromatic rings. The summed E-state index contributed by atoms with van der Waals surface area (Å²) < 4.78 is 4.89. The SMILES string of the molecule is CCNC(=NCC(C)N1CCc2sccc2C1)N1CCC(C(=O)OC)CC1.I. The van der Waals surface area contributed by atoms with Crippen molar-refractivity contribution in [3.8, 4) is 0 Å². The number of carbonyl (C=O) groups excluding carboxylic acids is 1. The number of ether oxygens (including phenoxy) is 1. The maximum atomic E-state index is 11.7. The molecule has 0 aromatic carbocycles. The van der Waals surface area contributed by atoms with Gasteiger partial charge in [0.25, 0.3) is 0 Å². The fourth-order valence-electron chi connectivity index (χ4n) is 3.90. The Morgan fingerprint density at radius 2 is 2.14 bits per heavy atom. The van der Waals surface area contributed by atoms with E-state index >= 15 is 0 Å². The highest BCUT2D eigenvalue weighted by molar-refractivity contribution is 14.0. The van der Waals surface area contributed by atoms with Crippen LogP contribution < -0.4 is 5.32 Å². The van der Waals surface area contributed by atoms with Gasteiger partial charge >= 0.3 is 5.97 Å². The third kappa shape index (κ3) is 5.82. The number of guanidine groups is 1. The van der Waals surface area contributed by atoms with Gasteiger partial charge in [-0.2, -0.15) is 0 Å². The summed E-state index contributed by atoms with van der Waals surface area (Å²) in [7, 11) is 1.47. The molecule has 158 valence electrons. The number of methoxy groups -OCH3 is 1. The first-order chi connectivity index (χ1) is 13.1. The Hall–Kier alpha value is -0.870. The summed E-state index contributed by atoms with van der Waals surface area (Å²) in [4.78, 5) is 23.0. The van der Waals surface area contributed by atoms with Crippen LogP contribution in [0.15, 0.2) is 16.4 Å². The van der Waals surface area contributed by atoms with Crippen molar-refractivity contribution in [3.63, 3.8) is 0 Å². The molecule has 1 aromatic heterocycles. The summed E-state index contributed by atoms with van der Waals surface area (Å²) in [5, 5.41) is 5.63. The first-order valence-corrected chi connectivity index (χ1v) is 10.9. The third-order valence-electron chi connectivity index (χ3n) is 5.63. The molecule has 1 N–H and O–H groups in total. The minimum absolute atomic E-state index is 0. The van der Waals surface area contributed by atoms with Gasteiger partial charge in [0.15, 0.2) is 5.96 Å². The van der Waals surface area contributed by atoms with Crippen LogP contribution in [0.2, 0.25) is 0 Å². The van der Waals surface area contributed by atoms with Crippen molar-refractivity contribution in [2.45, 2.75) is 45.7 Å². The largest absolute Gasteiger partial charge is 0.469 e. The lowest BCUT2D eigenvalue weighted by Crippen LogP contribution is -2.47. The zero-order valence-electron chi connectivity index (χ0n) is 17.1. The van der Waals surface area contributed by atoms with Crippen molar-refractivity contribution in [2.75, 3.05) is 39.8 Å². The molecule has 1 unspecified atom stereocenters. The van der Waals surface area contributed by atoms with Crippen molar-refractivity contribution in [1.29, 1.82) is 0 Å². The Balaban J connectivity index is 0.00000280. The zero-order valence-corrected chi connectivity index (χ0v) is 20.3. The Kier molecular flexibility index (Phi) is 9.49. The molecule has 0 spiro atoms. The summed E-state index contributed by atoms with van der Waals surface area (Å²) in [5.41, 5.74) is 1.49. The minimum Gasteiger partial charge on any atom is -0.469 e. The lowest BCUT2D eigenvalue weighted by atomic mass is 9.97. The van der Waals surface area contributed by atoms with Crippen molar-refractivity contribution in [2.24, 2.45) is 10.9 Å². The van der Waals surface area contributed by atoms with E-state index in [4.69, 9.17) is 9.73 Å². The Labute approximate surface area is 189 Å². The van der Waals surface area contributed by atoms with Gasteiger partial charge in [-0.3, -0.25) is 14.7 Å². The molecule has 3 heterocycles. The smallest absolute Gasteiger partial charge is 0.308 e. The number of aliphatic imine (C=N–C) groups is 1. The average Bonchev–Trinajstić information content (AvgIpc) is 3.18. The summed E-state index contributed by atoms with van der Waals surface area (Å²) in [6.45, 7) is 9.87. The molecule has 2 aliphatic heterocycles. The van der Waals surface area contributed by atoms with E-state index in [1.54, 1.807) is 4.88 Å². The molecule has 1 fully saturated rings. The zero-order chi connectivity index (χ0) is 19.2. The fourth-order valence-corrected chi connectivity index (χ4v) is 4.79. The Morgan fingerprint density at radius 3 is 2.82 bits per heavy atom. The van der Waals surface area contributed by atoms with E-state index in [-0.39, 0.29) is 35.9 Å². The van der Waals surface area contributed by atoms with E-state index in [1.165, 1.54) is 12.7 Å². The van der Waals surface area contributed by atoms with Crippen LogP contribution in [-0.4, -0.2) is 67.6 Å². The summed E-state index contributed by atoms with van der Waals surface area (Å²) in [6.07, 6.45) is 2.82. The molecule has 0 radical (unpaired) electrons. The number of nitrogens with zero attached hydrogens (tertiary/aromatic N) is 3. The van der Waals surface area contributed by atoms with Gasteiger partial charge in [-0.15, -0.1) is 35.3 Å². The van der Waals surface area contributed by atoms with Crippen LogP contribution in [0, 0.1) is 5.92 Å². The highest BCUT2D eigenvalue weighted by Gasteiger charge is 2.27. The number of rotatable bonds is 5. The standard InChI is InChI=1S/C20H32N4O2S.HI/c1-4-21-20(23-9-5-16(6-10-23)19(25)26-3)22-13-15(2)24-11-7-18-17(14-24)8-12-27-18;/h8,12,15-16H,4-7,9-11,13-14H2,1-3H3,(H,21,22);1H. The van der Waals surface area contributed by atoms with Crippen molar-refractivity contribution in [1.82, 2.24) is 15.1 Å². The topological polar surface area (TPSA) is 57.2 Å². The highest BCUT2D eigenvalue weighted by atomic mass is 127. The monoisotopic (exact) mass is 520 g/mol. The number of likely N-dealkylation sites (tertiary alicyclic amines) is 1. The van der Waals surface area contributed by atoms with Crippen LogP contribution in [0.4, 0.5) is 0 Å². The minimum atomic E-state index is -0.0805. The molecule has 28 heavy (non-hydrogen) atoms. The summed E-state index contributed by atoms with van der Waals surface area (Å²) >= 11 is 1.88. The van der Waals surface area contributed by atoms with E-state index in [1.807, 2.05) is 11.3 Å². The van der Waals surface area contributed by atoms with Crippen LogP contribution >= 0.6 is 35.3 Å². The quantitative estimate of drug-likeness (QED) is 0.280. The first-order valence-electron chi connectivity index (χ1n) is 10.0. The maximum Gasteiger partial charge on any atom is 0.308 e. The molecule has 2 aliphatic rings. The fraction of sp³-hybridized carbons (Fsp3) is 0.700. The van der Waals surface area contributed by atoms with Crippen LogP contribution in [0.5, 0.6) is 0 Å².